The molecule has 0 saturated heterocycles. The van der Waals surface area contributed by atoms with Crippen molar-refractivity contribution in [3.63, 3.8) is 0 Å². The first-order valence-corrected chi connectivity index (χ1v) is 11.3. The van der Waals surface area contributed by atoms with Gasteiger partial charge in [0.2, 0.25) is 0 Å². The summed E-state index contributed by atoms with van der Waals surface area (Å²) in [5.74, 6) is -0.690. The fourth-order valence-corrected chi connectivity index (χ4v) is 4.50. The van der Waals surface area contributed by atoms with Gasteiger partial charge in [-0.2, -0.15) is 23.4 Å². The van der Waals surface area contributed by atoms with Crippen LogP contribution in [0.2, 0.25) is 5.02 Å². The van der Waals surface area contributed by atoms with E-state index in [1.165, 1.54) is 0 Å². The zero-order chi connectivity index (χ0) is 24.1. The number of nitrogens with zero attached hydrogens (tertiary/aromatic N) is 4. The molecule has 176 valence electrons. The van der Waals surface area contributed by atoms with E-state index < -0.39 is 24.2 Å². The number of rotatable bonds is 4. The maximum Gasteiger partial charge on any atom is 0.410 e. The Hall–Kier alpha value is -2.53. The number of anilines is 1. The Morgan fingerprint density at radius 3 is 2.52 bits per heavy atom. The van der Waals surface area contributed by atoms with E-state index in [2.05, 4.69) is 36.8 Å². The Morgan fingerprint density at radius 2 is 1.94 bits per heavy atom. The van der Waals surface area contributed by atoms with Crippen LogP contribution in [0.3, 0.4) is 0 Å². The molecule has 1 amide bonds. The fourth-order valence-electron chi connectivity index (χ4n) is 3.97. The zero-order valence-corrected chi connectivity index (χ0v) is 20.3. The topological polar surface area (TPSA) is 76.8 Å². The van der Waals surface area contributed by atoms with E-state index in [1.54, 1.807) is 36.0 Å². The maximum absolute atomic E-state index is 13.9. The van der Waals surface area contributed by atoms with Crippen molar-refractivity contribution in [2.75, 3.05) is 5.32 Å². The third-order valence-electron chi connectivity index (χ3n) is 5.87. The van der Waals surface area contributed by atoms with E-state index in [1.807, 2.05) is 13.8 Å². The predicted octanol–water partition coefficient (Wildman–Crippen LogP) is 5.24. The molecule has 2 N–H and O–H groups in total. The molecule has 0 unspecified atom stereocenters. The summed E-state index contributed by atoms with van der Waals surface area (Å²) in [6, 6.07) is 4.41. The van der Waals surface area contributed by atoms with Crippen LogP contribution >= 0.6 is 27.5 Å². The molecule has 0 fully saturated rings. The van der Waals surface area contributed by atoms with Gasteiger partial charge in [0.05, 0.1) is 11.7 Å². The summed E-state index contributed by atoms with van der Waals surface area (Å²) in [4.78, 5) is 12.8. The van der Waals surface area contributed by atoms with Crippen LogP contribution in [0.4, 0.5) is 19.0 Å². The van der Waals surface area contributed by atoms with Crippen LogP contribution in [-0.4, -0.2) is 31.6 Å². The Labute approximate surface area is 201 Å². The number of hydrogen-bond donors (Lipinski definition) is 2. The highest BCUT2D eigenvalue weighted by atomic mass is 79.9. The minimum Gasteiger partial charge on any atom is -0.362 e. The monoisotopic (exact) mass is 544 g/mol. The molecule has 2 aromatic heterocycles. The first-order chi connectivity index (χ1) is 15.5. The van der Waals surface area contributed by atoms with E-state index in [0.717, 1.165) is 26.1 Å². The lowest BCUT2D eigenvalue weighted by atomic mass is 9.97. The Bertz CT molecular complexity index is 1200. The van der Waals surface area contributed by atoms with Crippen LogP contribution in [0, 0.1) is 13.8 Å². The highest BCUT2D eigenvalue weighted by molar-refractivity contribution is 9.10. The lowest BCUT2D eigenvalue weighted by Crippen LogP contribution is -2.35. The second-order valence-corrected chi connectivity index (χ2v) is 9.25. The molecule has 4 rings (SSSR count). The second kappa shape index (κ2) is 8.68. The van der Waals surface area contributed by atoms with Crippen molar-refractivity contribution >= 4 is 39.3 Å². The van der Waals surface area contributed by atoms with Crippen molar-refractivity contribution in [2.24, 2.45) is 7.05 Å². The fraction of sp³-hybridized carbons (Fsp3) is 0.381. The van der Waals surface area contributed by atoms with Crippen molar-refractivity contribution in [3.05, 3.63) is 62.0 Å². The number of hydrogen-bond acceptors (Lipinski definition) is 4. The lowest BCUT2D eigenvalue weighted by molar-refractivity contribution is -0.173. The second-order valence-electron chi connectivity index (χ2n) is 7.95. The number of amides is 1. The third-order valence-corrected chi connectivity index (χ3v) is 6.75. The van der Waals surface area contributed by atoms with Crippen molar-refractivity contribution in [3.8, 4) is 0 Å². The van der Waals surface area contributed by atoms with Gasteiger partial charge in [0.25, 0.3) is 5.91 Å². The van der Waals surface area contributed by atoms with Crippen molar-refractivity contribution in [1.82, 2.24) is 24.9 Å². The van der Waals surface area contributed by atoms with Crippen molar-refractivity contribution in [2.45, 2.75) is 45.1 Å². The summed E-state index contributed by atoms with van der Waals surface area (Å²) in [6.07, 6.45) is -4.86. The third kappa shape index (κ3) is 4.48. The summed E-state index contributed by atoms with van der Waals surface area (Å²) in [5.41, 5.74) is 2.86. The van der Waals surface area contributed by atoms with Gasteiger partial charge >= 0.3 is 6.18 Å². The van der Waals surface area contributed by atoms with Crippen molar-refractivity contribution < 1.29 is 18.0 Å². The highest BCUT2D eigenvalue weighted by Crippen LogP contribution is 2.46. The number of halogens is 5. The van der Waals surface area contributed by atoms with Crippen LogP contribution in [0.15, 0.2) is 28.7 Å². The van der Waals surface area contributed by atoms with Crippen LogP contribution < -0.4 is 10.6 Å². The maximum atomic E-state index is 13.9. The summed E-state index contributed by atoms with van der Waals surface area (Å²) in [5, 5.41) is 13.8. The van der Waals surface area contributed by atoms with Crippen LogP contribution in [0.5, 0.6) is 0 Å². The van der Waals surface area contributed by atoms with Gasteiger partial charge < -0.3 is 10.6 Å². The summed E-state index contributed by atoms with van der Waals surface area (Å²) >= 11 is 9.71. The van der Waals surface area contributed by atoms with Crippen LogP contribution in [0.1, 0.15) is 51.5 Å². The van der Waals surface area contributed by atoms with Gasteiger partial charge in [-0.1, -0.05) is 39.7 Å². The van der Waals surface area contributed by atoms with Gasteiger partial charge in [-0.25, -0.2) is 4.68 Å². The quantitative estimate of drug-likeness (QED) is 0.470. The van der Waals surface area contributed by atoms with Gasteiger partial charge in [0, 0.05) is 35.7 Å². The Balaban J connectivity index is 1.64. The van der Waals surface area contributed by atoms with Gasteiger partial charge in [0.15, 0.2) is 11.7 Å². The van der Waals surface area contributed by atoms with Gasteiger partial charge in [-0.3, -0.25) is 9.48 Å². The molecule has 0 saturated carbocycles. The first-order valence-electron chi connectivity index (χ1n) is 10.1. The van der Waals surface area contributed by atoms with E-state index >= 15 is 0 Å². The lowest BCUT2D eigenvalue weighted by Gasteiger charge is -2.33. The molecular formula is C21H21BrClF3N6O. The number of carbonyl (C=O) groups is 1. The minimum atomic E-state index is -4.57. The number of aromatic nitrogens is 4. The Morgan fingerprint density at radius 1 is 1.27 bits per heavy atom. The average Bonchev–Trinajstić information content (AvgIpc) is 3.21. The SMILES string of the molecule is Cc1nn(C)c(C)c1CNC(=O)c1nn2c(c1Cl)N[C@H](c1ccc(Br)cc1)C[C@H]2C(F)(F)F. The molecule has 0 spiro atoms. The van der Waals surface area contributed by atoms with E-state index in [-0.39, 0.29) is 29.5 Å². The summed E-state index contributed by atoms with van der Waals surface area (Å²) in [6.45, 7) is 3.83. The number of alkyl halides is 3. The highest BCUT2D eigenvalue weighted by Gasteiger charge is 2.47. The largest absolute Gasteiger partial charge is 0.410 e. The number of aryl methyl sites for hydroxylation is 2. The molecule has 3 heterocycles. The first kappa shape index (κ1) is 23.6. The molecule has 3 aromatic rings. The number of benzene rings is 1. The van der Waals surface area contributed by atoms with E-state index in [4.69, 9.17) is 11.6 Å². The summed E-state index contributed by atoms with van der Waals surface area (Å²) in [7, 11) is 1.79. The van der Waals surface area contributed by atoms with Crippen molar-refractivity contribution in [1.29, 1.82) is 0 Å². The molecule has 1 aliphatic rings. The molecule has 0 bridgehead atoms. The molecule has 0 aliphatic carbocycles. The molecule has 2 atom stereocenters. The standard InChI is InChI=1S/C21H21BrClF3N6O/c1-10-14(11(2)31(3)29-10)9-27-20(33)18-17(23)19-28-15(12-4-6-13(22)7-5-12)8-16(21(24,25)26)32(19)30-18/h4-7,15-16,28H,8-9H2,1-3H3,(H,27,33)/t15-,16-/m0/s1. The number of fused-ring (bicyclic) bond motifs is 1. The summed E-state index contributed by atoms with van der Waals surface area (Å²) < 4.78 is 45.1. The number of carbonyl (C=O) groups excluding carboxylic acids is 1. The molecular weight excluding hydrogens is 525 g/mol. The molecule has 1 aromatic carbocycles. The molecule has 12 heteroatoms. The minimum absolute atomic E-state index is 0.0305. The average molecular weight is 546 g/mol. The van der Waals surface area contributed by atoms with E-state index in [9.17, 15) is 18.0 Å². The molecule has 7 nitrogen and oxygen atoms in total. The predicted molar refractivity (Wildman–Crippen MR) is 121 cm³/mol. The Kier molecular flexibility index (Phi) is 6.21. The normalized spacial score (nSPS) is 18.1. The molecule has 1 aliphatic heterocycles. The molecule has 0 radical (unpaired) electrons. The van der Waals surface area contributed by atoms with Crippen LogP contribution in [0.25, 0.3) is 0 Å². The number of nitrogens with one attached hydrogen (secondary N) is 2. The van der Waals surface area contributed by atoms with Crippen LogP contribution in [-0.2, 0) is 13.6 Å². The molecule has 33 heavy (non-hydrogen) atoms. The van der Waals surface area contributed by atoms with Gasteiger partial charge in [0.1, 0.15) is 10.8 Å². The van der Waals surface area contributed by atoms with E-state index in [0.29, 0.717) is 5.56 Å². The van der Waals surface area contributed by atoms with Gasteiger partial charge in [-0.05, 0) is 31.5 Å². The smallest absolute Gasteiger partial charge is 0.362 e. The zero-order valence-electron chi connectivity index (χ0n) is 18.0. The van der Waals surface area contributed by atoms with Gasteiger partial charge in [-0.15, -0.1) is 0 Å².